The summed E-state index contributed by atoms with van der Waals surface area (Å²) in [6, 6.07) is 14.1. The molecule has 0 bridgehead atoms. The molecule has 1 aliphatic rings. The third-order valence-corrected chi connectivity index (χ3v) is 3.82. The number of benzene rings is 2. The average molecular weight is 324 g/mol. The molecular formula is C18H16N2O4. The van der Waals surface area contributed by atoms with Crippen LogP contribution in [0.1, 0.15) is 15.9 Å². The number of ketones is 1. The fraction of sp³-hybridized carbons (Fsp3) is 0.111. The van der Waals surface area contributed by atoms with Crippen LogP contribution in [-0.2, 0) is 11.3 Å². The van der Waals surface area contributed by atoms with Gasteiger partial charge in [-0.2, -0.15) is 0 Å². The number of carbonyl (C=O) groups is 2. The quantitative estimate of drug-likeness (QED) is 0.475. The van der Waals surface area contributed by atoms with Crippen LogP contribution in [0.2, 0.25) is 0 Å². The lowest BCUT2D eigenvalue weighted by molar-refractivity contribution is -0.124. The number of rotatable bonds is 6. The number of phenols is 1. The van der Waals surface area contributed by atoms with Gasteiger partial charge in [0.1, 0.15) is 11.4 Å². The summed E-state index contributed by atoms with van der Waals surface area (Å²) in [6.45, 7) is 0.450. The second-order valence-electron chi connectivity index (χ2n) is 5.38. The van der Waals surface area contributed by atoms with Gasteiger partial charge in [0.25, 0.3) is 0 Å². The zero-order valence-electron chi connectivity index (χ0n) is 12.7. The number of hydrogen-bond donors (Lipinski definition) is 4. The molecule has 4 N–H and O–H groups in total. The van der Waals surface area contributed by atoms with Gasteiger partial charge in [-0.1, -0.05) is 36.4 Å². The first kappa shape index (κ1) is 15.8. The lowest BCUT2D eigenvalue weighted by Gasteiger charge is -2.30. The number of phenolic OH excluding ortho intramolecular Hbond substituents is 1. The first-order chi connectivity index (χ1) is 11.6. The molecule has 0 amide bonds. The van der Waals surface area contributed by atoms with Gasteiger partial charge in [-0.15, -0.1) is 0 Å². The van der Waals surface area contributed by atoms with Crippen LogP contribution in [0, 0.1) is 0 Å². The Balaban J connectivity index is 1.81. The summed E-state index contributed by atoms with van der Waals surface area (Å²) in [4.78, 5) is 22.8. The first-order valence-corrected chi connectivity index (χ1v) is 7.40. The van der Waals surface area contributed by atoms with Gasteiger partial charge in [-0.05, 0) is 17.7 Å². The normalized spacial score (nSPS) is 16.5. The van der Waals surface area contributed by atoms with Crippen LogP contribution < -0.4 is 10.6 Å². The Morgan fingerprint density at radius 3 is 2.54 bits per heavy atom. The van der Waals surface area contributed by atoms with Gasteiger partial charge in [0.15, 0.2) is 12.4 Å². The molecule has 1 aliphatic carbocycles. The smallest absolute Gasteiger partial charge is 0.215 e. The summed E-state index contributed by atoms with van der Waals surface area (Å²) in [5.41, 5.74) is 1.89. The maximum Gasteiger partial charge on any atom is 0.215 e. The van der Waals surface area contributed by atoms with E-state index in [1.165, 1.54) is 6.07 Å². The van der Waals surface area contributed by atoms with Crippen molar-refractivity contribution in [2.75, 3.05) is 5.32 Å². The minimum absolute atomic E-state index is 0.117. The molecule has 2 aromatic carbocycles. The molecule has 6 nitrogen and oxygen atoms in total. The topological polar surface area (TPSA) is 98.7 Å². The Hall–Kier alpha value is -3.12. The number of carbonyl (C=O) groups excluding carboxylic acids is 2. The Morgan fingerprint density at radius 2 is 1.83 bits per heavy atom. The van der Waals surface area contributed by atoms with Gasteiger partial charge in [0, 0.05) is 6.54 Å². The highest BCUT2D eigenvalue weighted by Crippen LogP contribution is 2.31. The fourth-order valence-electron chi connectivity index (χ4n) is 2.46. The van der Waals surface area contributed by atoms with E-state index < -0.39 is 11.9 Å². The highest BCUT2D eigenvalue weighted by atomic mass is 16.3. The zero-order chi connectivity index (χ0) is 17.1. The van der Waals surface area contributed by atoms with Crippen LogP contribution in [0.4, 0.5) is 5.69 Å². The number of aromatic hydroxyl groups is 1. The number of aliphatic hydroxyl groups is 1. The van der Waals surface area contributed by atoms with Crippen molar-refractivity contribution in [3.05, 3.63) is 71.1 Å². The molecule has 122 valence electrons. The summed E-state index contributed by atoms with van der Waals surface area (Å²) in [5, 5.41) is 25.7. The van der Waals surface area contributed by atoms with Crippen molar-refractivity contribution in [1.82, 2.24) is 5.32 Å². The molecule has 0 aromatic heterocycles. The summed E-state index contributed by atoms with van der Waals surface area (Å²) in [7, 11) is 0. The number of aliphatic hydroxyl groups excluding tert-OH is 1. The van der Waals surface area contributed by atoms with Crippen LogP contribution in [0.25, 0.3) is 0 Å². The Bertz CT molecular complexity index is 815. The summed E-state index contributed by atoms with van der Waals surface area (Å²) in [5.74, 6) is -0.710. The van der Waals surface area contributed by atoms with Gasteiger partial charge in [-0.25, -0.2) is 0 Å². The second-order valence-corrected chi connectivity index (χ2v) is 5.38. The maximum absolute atomic E-state index is 11.9. The molecule has 24 heavy (non-hydrogen) atoms. The monoisotopic (exact) mass is 324 g/mol. The van der Waals surface area contributed by atoms with Gasteiger partial charge in [-0.3, -0.25) is 9.59 Å². The molecule has 3 rings (SSSR count). The fourth-order valence-corrected chi connectivity index (χ4v) is 2.46. The van der Waals surface area contributed by atoms with E-state index in [0.717, 1.165) is 5.56 Å². The number of Topliss-reactive ketones (excluding diaryl/α,β-unsaturated/α-hetero) is 1. The van der Waals surface area contributed by atoms with Gasteiger partial charge in [0.05, 0.1) is 16.9 Å². The highest BCUT2D eigenvalue weighted by Gasteiger charge is 2.38. The Kier molecular flexibility index (Phi) is 4.31. The molecule has 0 saturated heterocycles. The minimum Gasteiger partial charge on any atom is -0.505 e. The zero-order valence-corrected chi connectivity index (χ0v) is 12.7. The van der Waals surface area contributed by atoms with E-state index in [4.69, 9.17) is 0 Å². The van der Waals surface area contributed by atoms with Crippen molar-refractivity contribution in [3.63, 3.8) is 0 Å². The molecule has 0 spiro atoms. The lowest BCUT2D eigenvalue weighted by atomic mass is 9.94. The van der Waals surface area contributed by atoms with Crippen LogP contribution in [-0.4, -0.2) is 28.4 Å². The van der Waals surface area contributed by atoms with Crippen molar-refractivity contribution in [2.24, 2.45) is 0 Å². The van der Waals surface area contributed by atoms with E-state index in [1.807, 2.05) is 30.3 Å². The number of para-hydroxylation sites is 1. The molecule has 0 saturated carbocycles. The third-order valence-electron chi connectivity index (χ3n) is 3.82. The van der Waals surface area contributed by atoms with Crippen molar-refractivity contribution in [1.29, 1.82) is 0 Å². The number of aldehydes is 1. The maximum atomic E-state index is 11.9. The van der Waals surface area contributed by atoms with E-state index in [0.29, 0.717) is 18.5 Å². The van der Waals surface area contributed by atoms with E-state index in [-0.39, 0.29) is 22.7 Å². The number of anilines is 1. The molecule has 1 atom stereocenters. The first-order valence-electron chi connectivity index (χ1n) is 7.40. The van der Waals surface area contributed by atoms with Crippen LogP contribution in [0.5, 0.6) is 5.75 Å². The predicted molar refractivity (Wildman–Crippen MR) is 88.4 cm³/mol. The molecule has 1 unspecified atom stereocenters. The van der Waals surface area contributed by atoms with Crippen molar-refractivity contribution in [3.8, 4) is 5.75 Å². The Labute approximate surface area is 138 Å². The van der Waals surface area contributed by atoms with E-state index in [2.05, 4.69) is 10.6 Å². The predicted octanol–water partition coefficient (Wildman–Crippen LogP) is 1.56. The standard InChI is InChI=1S/C18H16N2O4/c21-10-12-7-4-8-13(16(12)22)20-15-14(17(23)18(15)24)19-9-11-5-2-1-3-6-11/h1-8,10,17,19-20,22-23H,9H2. The molecular weight excluding hydrogens is 308 g/mol. The number of hydrogen-bond acceptors (Lipinski definition) is 6. The van der Waals surface area contributed by atoms with Crippen LogP contribution >= 0.6 is 0 Å². The molecule has 0 fully saturated rings. The molecule has 6 heteroatoms. The highest BCUT2D eigenvalue weighted by molar-refractivity contribution is 6.10. The number of nitrogens with one attached hydrogen (secondary N) is 2. The summed E-state index contributed by atoms with van der Waals surface area (Å²) in [6.07, 6.45) is -0.687. The van der Waals surface area contributed by atoms with Gasteiger partial charge < -0.3 is 20.8 Å². The van der Waals surface area contributed by atoms with E-state index in [1.54, 1.807) is 12.1 Å². The molecule has 0 heterocycles. The van der Waals surface area contributed by atoms with E-state index >= 15 is 0 Å². The van der Waals surface area contributed by atoms with Crippen molar-refractivity contribution >= 4 is 17.8 Å². The van der Waals surface area contributed by atoms with Gasteiger partial charge in [0.2, 0.25) is 5.78 Å². The lowest BCUT2D eigenvalue weighted by Crippen LogP contribution is -2.45. The minimum atomic E-state index is -1.22. The SMILES string of the molecule is O=Cc1cccc(NC2=C(NCc3ccccc3)C(O)C2=O)c1O. The van der Waals surface area contributed by atoms with Crippen molar-refractivity contribution < 1.29 is 19.8 Å². The second kappa shape index (κ2) is 6.55. The third kappa shape index (κ3) is 2.87. The average Bonchev–Trinajstić information content (AvgIpc) is 2.62. The molecule has 0 radical (unpaired) electrons. The largest absolute Gasteiger partial charge is 0.505 e. The van der Waals surface area contributed by atoms with Crippen LogP contribution in [0.3, 0.4) is 0 Å². The summed E-state index contributed by atoms with van der Waals surface area (Å²) >= 11 is 0. The van der Waals surface area contributed by atoms with E-state index in [9.17, 15) is 19.8 Å². The van der Waals surface area contributed by atoms with Gasteiger partial charge >= 0.3 is 0 Å². The molecule has 0 aliphatic heterocycles. The van der Waals surface area contributed by atoms with Crippen LogP contribution in [0.15, 0.2) is 59.9 Å². The Morgan fingerprint density at radius 1 is 1.08 bits per heavy atom. The summed E-state index contributed by atoms with van der Waals surface area (Å²) < 4.78 is 0. The van der Waals surface area contributed by atoms with Crippen molar-refractivity contribution in [2.45, 2.75) is 12.6 Å². The molecule has 2 aromatic rings.